The third-order valence-electron chi connectivity index (χ3n) is 5.33. The van der Waals surface area contributed by atoms with Crippen LogP contribution in [0.2, 0.25) is 0 Å². The molecule has 7 heteroatoms. The minimum atomic E-state index is -4.47. The first-order chi connectivity index (χ1) is 13.8. The number of alkyl halides is 3. The molecule has 2 aromatic carbocycles. The molecule has 3 aromatic rings. The highest BCUT2D eigenvalue weighted by Gasteiger charge is 2.35. The smallest absolute Gasteiger partial charge is 0.418 e. The van der Waals surface area contributed by atoms with Gasteiger partial charge in [-0.05, 0) is 24.1 Å². The van der Waals surface area contributed by atoms with Crippen LogP contribution in [0.3, 0.4) is 0 Å². The quantitative estimate of drug-likeness (QED) is 0.470. The van der Waals surface area contributed by atoms with E-state index in [0.29, 0.717) is 34.7 Å². The third-order valence-corrected chi connectivity index (χ3v) is 5.33. The molecule has 0 aliphatic rings. The van der Waals surface area contributed by atoms with Crippen LogP contribution in [-0.2, 0) is 12.7 Å². The topological polar surface area (TPSA) is 36.3 Å². The van der Waals surface area contributed by atoms with E-state index in [1.54, 1.807) is 31.4 Å². The van der Waals surface area contributed by atoms with Gasteiger partial charge in [0.1, 0.15) is 17.2 Å². The zero-order valence-electron chi connectivity index (χ0n) is 17.0. The Morgan fingerprint density at radius 2 is 1.76 bits per heavy atom. The molecular formula is C22H25F3N2O2. The normalized spacial score (nSPS) is 12.0. The second kappa shape index (κ2) is 8.35. The molecule has 0 atom stereocenters. The molecule has 1 heterocycles. The zero-order valence-corrected chi connectivity index (χ0v) is 17.0. The largest absolute Gasteiger partial charge is 0.497 e. The Labute approximate surface area is 168 Å². The lowest BCUT2D eigenvalue weighted by Gasteiger charge is -2.15. The van der Waals surface area contributed by atoms with E-state index in [1.165, 1.54) is 17.9 Å². The van der Waals surface area contributed by atoms with Crippen molar-refractivity contribution >= 4 is 10.9 Å². The van der Waals surface area contributed by atoms with E-state index in [9.17, 15) is 13.2 Å². The Morgan fingerprint density at radius 3 is 2.34 bits per heavy atom. The highest BCUT2D eigenvalue weighted by molar-refractivity contribution is 5.96. The third kappa shape index (κ3) is 4.04. The van der Waals surface area contributed by atoms with E-state index < -0.39 is 11.7 Å². The highest BCUT2D eigenvalue weighted by atomic mass is 19.4. The van der Waals surface area contributed by atoms with Gasteiger partial charge in [-0.15, -0.1) is 0 Å². The summed E-state index contributed by atoms with van der Waals surface area (Å²) in [5.41, 5.74) is 0.532. The average Bonchev–Trinajstić information content (AvgIpc) is 3.08. The number of hydrogen-bond acceptors (Lipinski definition) is 3. The molecule has 0 unspecified atom stereocenters. The Morgan fingerprint density at radius 1 is 1.03 bits per heavy atom. The first-order valence-electron chi connectivity index (χ1n) is 9.63. The maximum absolute atomic E-state index is 13.8. The summed E-state index contributed by atoms with van der Waals surface area (Å²) < 4.78 is 53.5. The standard InChI is InChI=1S/C22H25F3N2O2/c1-5-14(6-2)13-27-21-17(8-7-9-18(21)22(23,24)25)20(26-27)16-11-10-15(28-3)12-19(16)29-4/h7-12,14H,5-6,13H2,1-4H3. The lowest BCUT2D eigenvalue weighted by Crippen LogP contribution is -2.14. The maximum atomic E-state index is 13.8. The van der Waals surface area contributed by atoms with Crippen molar-refractivity contribution in [2.75, 3.05) is 14.2 Å². The lowest BCUT2D eigenvalue weighted by atomic mass is 10.0. The summed E-state index contributed by atoms with van der Waals surface area (Å²) in [5.74, 6) is 1.34. The van der Waals surface area contributed by atoms with Gasteiger partial charge < -0.3 is 9.47 Å². The van der Waals surface area contributed by atoms with E-state index >= 15 is 0 Å². The van der Waals surface area contributed by atoms with Crippen molar-refractivity contribution < 1.29 is 22.6 Å². The monoisotopic (exact) mass is 406 g/mol. The summed E-state index contributed by atoms with van der Waals surface area (Å²) in [6.07, 6.45) is -2.73. The Bertz CT molecular complexity index is 992. The number of para-hydroxylation sites is 1. The van der Waals surface area contributed by atoms with Crippen LogP contribution < -0.4 is 9.47 Å². The molecule has 0 bridgehead atoms. The summed E-state index contributed by atoms with van der Waals surface area (Å²) in [7, 11) is 3.06. The maximum Gasteiger partial charge on any atom is 0.418 e. The number of hydrogen-bond donors (Lipinski definition) is 0. The predicted molar refractivity (Wildman–Crippen MR) is 107 cm³/mol. The predicted octanol–water partition coefficient (Wildman–Crippen LogP) is 6.18. The first-order valence-corrected chi connectivity index (χ1v) is 9.63. The van der Waals surface area contributed by atoms with Crippen molar-refractivity contribution in [2.45, 2.75) is 39.4 Å². The lowest BCUT2D eigenvalue weighted by molar-refractivity contribution is -0.136. The molecule has 156 valence electrons. The van der Waals surface area contributed by atoms with E-state index in [0.717, 1.165) is 18.9 Å². The summed E-state index contributed by atoms with van der Waals surface area (Å²) in [6.45, 7) is 4.50. The van der Waals surface area contributed by atoms with E-state index in [1.807, 2.05) is 13.8 Å². The van der Waals surface area contributed by atoms with Gasteiger partial charge >= 0.3 is 6.18 Å². The molecular weight excluding hydrogens is 381 g/mol. The van der Waals surface area contributed by atoms with Crippen LogP contribution in [0.1, 0.15) is 32.3 Å². The van der Waals surface area contributed by atoms with Crippen LogP contribution in [0.4, 0.5) is 13.2 Å². The summed E-state index contributed by atoms with van der Waals surface area (Å²) >= 11 is 0. The number of ether oxygens (including phenoxy) is 2. The van der Waals surface area contributed by atoms with Crippen molar-refractivity contribution in [2.24, 2.45) is 5.92 Å². The Hall–Kier alpha value is -2.70. The molecule has 0 aliphatic carbocycles. The van der Waals surface area contributed by atoms with Gasteiger partial charge in [0, 0.05) is 23.6 Å². The SMILES string of the molecule is CCC(CC)Cn1nc(-c2ccc(OC)cc2OC)c2cccc(C(F)(F)F)c21. The summed E-state index contributed by atoms with van der Waals surface area (Å²) in [6, 6.07) is 9.43. The minimum absolute atomic E-state index is 0.111. The van der Waals surface area contributed by atoms with Crippen LogP contribution in [0, 0.1) is 5.92 Å². The van der Waals surface area contributed by atoms with Crippen LogP contribution in [0.15, 0.2) is 36.4 Å². The van der Waals surface area contributed by atoms with Crippen LogP contribution >= 0.6 is 0 Å². The van der Waals surface area contributed by atoms with E-state index in [4.69, 9.17) is 9.47 Å². The summed E-state index contributed by atoms with van der Waals surface area (Å²) in [5, 5.41) is 5.08. The van der Waals surface area contributed by atoms with Gasteiger partial charge in [0.25, 0.3) is 0 Å². The number of halogens is 3. The van der Waals surface area contributed by atoms with Crippen molar-refractivity contribution in [3.63, 3.8) is 0 Å². The molecule has 3 rings (SSSR count). The fourth-order valence-corrected chi connectivity index (χ4v) is 3.58. The number of nitrogens with zero attached hydrogens (tertiary/aromatic N) is 2. The first kappa shape index (κ1) is 21.0. The van der Waals surface area contributed by atoms with Crippen LogP contribution in [0.5, 0.6) is 11.5 Å². The number of rotatable bonds is 7. The van der Waals surface area contributed by atoms with Gasteiger partial charge in [-0.3, -0.25) is 4.68 Å². The van der Waals surface area contributed by atoms with E-state index in [-0.39, 0.29) is 11.4 Å². The van der Waals surface area contributed by atoms with Gasteiger partial charge in [0.05, 0.1) is 25.3 Å². The summed E-state index contributed by atoms with van der Waals surface area (Å²) in [4.78, 5) is 0. The molecule has 0 N–H and O–H groups in total. The minimum Gasteiger partial charge on any atom is -0.497 e. The molecule has 0 amide bonds. The number of methoxy groups -OCH3 is 2. The molecule has 0 saturated carbocycles. The fraction of sp³-hybridized carbons (Fsp3) is 0.409. The number of benzene rings is 2. The van der Waals surface area contributed by atoms with Crippen molar-refractivity contribution in [3.8, 4) is 22.8 Å². The van der Waals surface area contributed by atoms with Gasteiger partial charge in [0.2, 0.25) is 0 Å². The van der Waals surface area contributed by atoms with E-state index in [2.05, 4.69) is 5.10 Å². The zero-order chi connectivity index (χ0) is 21.2. The van der Waals surface area contributed by atoms with Crippen molar-refractivity contribution in [1.82, 2.24) is 9.78 Å². The van der Waals surface area contributed by atoms with Crippen LogP contribution in [-0.4, -0.2) is 24.0 Å². The molecule has 0 saturated heterocycles. The molecule has 4 nitrogen and oxygen atoms in total. The Kier molecular flexibility index (Phi) is 6.05. The molecule has 29 heavy (non-hydrogen) atoms. The molecule has 0 aliphatic heterocycles. The molecule has 0 fully saturated rings. The number of fused-ring (bicyclic) bond motifs is 1. The molecule has 0 radical (unpaired) electrons. The molecule has 0 spiro atoms. The van der Waals surface area contributed by atoms with Crippen molar-refractivity contribution in [3.05, 3.63) is 42.0 Å². The second-order valence-corrected chi connectivity index (χ2v) is 6.98. The fourth-order valence-electron chi connectivity index (χ4n) is 3.58. The van der Waals surface area contributed by atoms with Crippen LogP contribution in [0.25, 0.3) is 22.2 Å². The van der Waals surface area contributed by atoms with Gasteiger partial charge in [0.15, 0.2) is 0 Å². The second-order valence-electron chi connectivity index (χ2n) is 6.98. The Balaban J connectivity index is 2.29. The van der Waals surface area contributed by atoms with Crippen molar-refractivity contribution in [1.29, 1.82) is 0 Å². The van der Waals surface area contributed by atoms with Gasteiger partial charge in [-0.25, -0.2) is 0 Å². The van der Waals surface area contributed by atoms with Gasteiger partial charge in [-0.2, -0.15) is 18.3 Å². The molecule has 1 aromatic heterocycles. The van der Waals surface area contributed by atoms with Gasteiger partial charge in [-0.1, -0.05) is 38.8 Å². The highest BCUT2D eigenvalue weighted by Crippen LogP contribution is 2.41. The number of aromatic nitrogens is 2. The average molecular weight is 406 g/mol.